The number of benzene rings is 1. The minimum absolute atomic E-state index is 0.00600. The Morgan fingerprint density at radius 3 is 2.41 bits per heavy atom. The average molecular weight is 307 g/mol. The normalized spacial score (nSPS) is 28.1. The van der Waals surface area contributed by atoms with Crippen LogP contribution in [0, 0.1) is 20.9 Å². The molecule has 0 N–H and O–H groups in total. The molecule has 22 heavy (non-hydrogen) atoms. The first-order valence-electron chi connectivity index (χ1n) is 6.97. The van der Waals surface area contributed by atoms with Crippen LogP contribution in [0.4, 0.5) is 5.69 Å². The summed E-state index contributed by atoms with van der Waals surface area (Å²) in [6, 6.07) is 4.35. The van der Waals surface area contributed by atoms with E-state index >= 15 is 0 Å². The monoisotopic (exact) mass is 307 g/mol. The van der Waals surface area contributed by atoms with E-state index in [0.717, 1.165) is 19.3 Å². The first-order chi connectivity index (χ1) is 10.4. The first kappa shape index (κ1) is 14.6. The second-order valence-corrected chi connectivity index (χ2v) is 6.21. The maximum Gasteiger partial charge on any atom is 0.311 e. The summed E-state index contributed by atoms with van der Waals surface area (Å²) in [6.45, 7) is 0.441. The van der Waals surface area contributed by atoms with Crippen molar-refractivity contribution in [2.75, 3.05) is 20.8 Å². The third-order valence-corrected chi connectivity index (χ3v) is 4.61. The molecule has 0 atom stereocenters. The zero-order chi connectivity index (χ0) is 16.0. The Balaban J connectivity index is 1.63. The van der Waals surface area contributed by atoms with E-state index in [2.05, 4.69) is 0 Å². The lowest BCUT2D eigenvalue weighted by Crippen LogP contribution is -2.67. The number of esters is 1. The quantitative estimate of drug-likeness (QED) is 0.455. The van der Waals surface area contributed by atoms with E-state index < -0.39 is 4.92 Å². The van der Waals surface area contributed by atoms with Crippen molar-refractivity contribution in [3.8, 4) is 11.5 Å². The minimum atomic E-state index is -0.483. The number of nitro benzene ring substituents is 1. The van der Waals surface area contributed by atoms with Gasteiger partial charge in [-0.15, -0.1) is 0 Å². The zero-order valence-corrected chi connectivity index (χ0v) is 12.5. The smallest absolute Gasteiger partial charge is 0.311 e. The highest BCUT2D eigenvalue weighted by Crippen LogP contribution is 2.73. The van der Waals surface area contributed by atoms with Crippen LogP contribution in [0.1, 0.15) is 19.3 Å². The van der Waals surface area contributed by atoms with Gasteiger partial charge in [0.1, 0.15) is 11.5 Å². The van der Waals surface area contributed by atoms with Crippen molar-refractivity contribution in [1.82, 2.24) is 0 Å². The fourth-order valence-corrected chi connectivity index (χ4v) is 3.68. The van der Waals surface area contributed by atoms with Gasteiger partial charge in [0.25, 0.3) is 5.69 Å². The Morgan fingerprint density at radius 1 is 1.23 bits per heavy atom. The molecule has 1 aromatic rings. The third kappa shape index (κ3) is 2.17. The maximum atomic E-state index is 11.6. The van der Waals surface area contributed by atoms with Gasteiger partial charge in [0.05, 0.1) is 43.3 Å². The highest BCUT2D eigenvalue weighted by atomic mass is 16.6. The van der Waals surface area contributed by atoms with Gasteiger partial charge >= 0.3 is 5.97 Å². The largest absolute Gasteiger partial charge is 0.496 e. The summed E-state index contributed by atoms with van der Waals surface area (Å²) in [5.74, 6) is 0.641. The van der Waals surface area contributed by atoms with Gasteiger partial charge < -0.3 is 14.2 Å². The van der Waals surface area contributed by atoms with Gasteiger partial charge in [0.2, 0.25) is 0 Å². The molecule has 0 radical (unpaired) electrons. The molecule has 7 heteroatoms. The summed E-state index contributed by atoms with van der Waals surface area (Å²) < 4.78 is 15.6. The lowest BCUT2D eigenvalue weighted by atomic mass is 9.35. The third-order valence-electron chi connectivity index (χ3n) is 4.61. The van der Waals surface area contributed by atoms with Gasteiger partial charge in [-0.3, -0.25) is 14.9 Å². The molecule has 3 aliphatic carbocycles. The predicted octanol–water partition coefficient (Wildman–Crippen LogP) is 2.33. The fourth-order valence-electron chi connectivity index (χ4n) is 3.68. The molecule has 0 aliphatic heterocycles. The van der Waals surface area contributed by atoms with E-state index in [0.29, 0.717) is 18.1 Å². The summed E-state index contributed by atoms with van der Waals surface area (Å²) in [5, 5.41) is 10.9. The fraction of sp³-hybridized carbons (Fsp3) is 0.533. The number of carbonyl (C=O) groups excluding carboxylic acids is 1. The standard InChI is InChI=1S/C15H17NO6/c1-20-11-3-10(16(18)19)4-12(5-11)22-9-14-6-15(7-14,8-14)13(17)21-2/h3-5H,6-9H2,1-2H3. The number of ether oxygens (including phenoxy) is 3. The zero-order valence-electron chi connectivity index (χ0n) is 12.5. The highest BCUT2D eigenvalue weighted by molar-refractivity contribution is 5.81. The number of carbonyl (C=O) groups is 1. The van der Waals surface area contributed by atoms with Crippen molar-refractivity contribution in [3.63, 3.8) is 0 Å². The van der Waals surface area contributed by atoms with Crippen molar-refractivity contribution in [1.29, 1.82) is 0 Å². The number of hydrogen-bond acceptors (Lipinski definition) is 6. The first-order valence-corrected chi connectivity index (χ1v) is 6.97. The van der Waals surface area contributed by atoms with Gasteiger partial charge in [-0.05, 0) is 19.3 Å². The Labute approximate surface area is 127 Å². The Hall–Kier alpha value is -2.31. The van der Waals surface area contributed by atoms with Crippen LogP contribution in [0.5, 0.6) is 11.5 Å². The molecule has 7 nitrogen and oxygen atoms in total. The van der Waals surface area contributed by atoms with Crippen LogP contribution in [0.3, 0.4) is 0 Å². The molecule has 3 saturated carbocycles. The molecule has 0 heterocycles. The lowest BCUT2D eigenvalue weighted by Gasteiger charge is -2.68. The summed E-state index contributed by atoms with van der Waals surface area (Å²) in [6.07, 6.45) is 2.29. The van der Waals surface area contributed by atoms with Crippen LogP contribution in [0.15, 0.2) is 18.2 Å². The summed E-state index contributed by atoms with van der Waals surface area (Å²) in [7, 11) is 2.85. The second-order valence-electron chi connectivity index (χ2n) is 6.21. The molecule has 4 rings (SSSR count). The number of rotatable bonds is 6. The van der Waals surface area contributed by atoms with Crippen LogP contribution in [0.25, 0.3) is 0 Å². The van der Waals surface area contributed by atoms with Gasteiger partial charge in [0, 0.05) is 11.5 Å². The summed E-state index contributed by atoms with van der Waals surface area (Å²) >= 11 is 0. The molecule has 0 spiro atoms. The van der Waals surface area contributed by atoms with Crippen molar-refractivity contribution < 1.29 is 23.9 Å². The molecule has 3 fully saturated rings. The maximum absolute atomic E-state index is 11.6. The predicted molar refractivity (Wildman–Crippen MR) is 75.9 cm³/mol. The SMILES string of the molecule is COC(=O)C12CC(COc3cc(OC)cc([N+](=O)[O-])c3)(C1)C2. The topological polar surface area (TPSA) is 87.9 Å². The number of hydrogen-bond donors (Lipinski definition) is 0. The van der Waals surface area contributed by atoms with E-state index in [9.17, 15) is 14.9 Å². The van der Waals surface area contributed by atoms with E-state index in [1.54, 1.807) is 6.07 Å². The summed E-state index contributed by atoms with van der Waals surface area (Å²) in [4.78, 5) is 22.0. The van der Waals surface area contributed by atoms with Crippen LogP contribution < -0.4 is 9.47 Å². The molecule has 0 aromatic heterocycles. The van der Waals surface area contributed by atoms with Crippen LogP contribution >= 0.6 is 0 Å². The van der Waals surface area contributed by atoms with E-state index in [4.69, 9.17) is 14.2 Å². The van der Waals surface area contributed by atoms with E-state index in [-0.39, 0.29) is 22.5 Å². The van der Waals surface area contributed by atoms with Gasteiger partial charge in [-0.2, -0.15) is 0 Å². The number of nitrogens with zero attached hydrogens (tertiary/aromatic N) is 1. The minimum Gasteiger partial charge on any atom is -0.496 e. The molecule has 0 amide bonds. The van der Waals surface area contributed by atoms with Crippen molar-refractivity contribution in [3.05, 3.63) is 28.3 Å². The van der Waals surface area contributed by atoms with E-state index in [1.807, 2.05) is 0 Å². The van der Waals surface area contributed by atoms with E-state index in [1.165, 1.54) is 26.4 Å². The molecule has 0 unspecified atom stereocenters. The number of nitro groups is 1. The molecule has 2 bridgehead atoms. The molecule has 3 aliphatic rings. The van der Waals surface area contributed by atoms with Gasteiger partial charge in [0.15, 0.2) is 0 Å². The molecule has 118 valence electrons. The Morgan fingerprint density at radius 2 is 1.86 bits per heavy atom. The Kier molecular flexibility index (Phi) is 3.23. The lowest BCUT2D eigenvalue weighted by molar-refractivity contribution is -0.385. The molecular weight excluding hydrogens is 290 g/mol. The van der Waals surface area contributed by atoms with Crippen molar-refractivity contribution >= 4 is 11.7 Å². The van der Waals surface area contributed by atoms with Crippen LogP contribution in [0.2, 0.25) is 0 Å². The molecule has 0 saturated heterocycles. The highest BCUT2D eigenvalue weighted by Gasteiger charge is 2.72. The van der Waals surface area contributed by atoms with Crippen LogP contribution in [-0.4, -0.2) is 31.7 Å². The number of methoxy groups -OCH3 is 2. The van der Waals surface area contributed by atoms with Crippen molar-refractivity contribution in [2.24, 2.45) is 10.8 Å². The Bertz CT molecular complexity index is 621. The number of non-ortho nitro benzene ring substituents is 1. The second kappa shape index (κ2) is 4.86. The van der Waals surface area contributed by atoms with Gasteiger partial charge in [-0.25, -0.2) is 0 Å². The van der Waals surface area contributed by atoms with Gasteiger partial charge in [-0.1, -0.05) is 0 Å². The molecular formula is C15H17NO6. The molecule has 1 aromatic carbocycles. The summed E-state index contributed by atoms with van der Waals surface area (Å²) in [5.41, 5.74) is -0.372. The van der Waals surface area contributed by atoms with Crippen LogP contribution in [-0.2, 0) is 9.53 Å². The average Bonchev–Trinajstić information content (AvgIpc) is 2.43. The van der Waals surface area contributed by atoms with Crippen molar-refractivity contribution in [2.45, 2.75) is 19.3 Å².